The summed E-state index contributed by atoms with van der Waals surface area (Å²) >= 11 is 1.65. The van der Waals surface area contributed by atoms with Gasteiger partial charge in [0.25, 0.3) is 5.91 Å². The van der Waals surface area contributed by atoms with Crippen molar-refractivity contribution in [1.29, 1.82) is 0 Å². The second-order valence-corrected chi connectivity index (χ2v) is 8.20. The lowest BCUT2D eigenvalue weighted by molar-refractivity contribution is -0.122. The Labute approximate surface area is 168 Å². The molecule has 3 aromatic heterocycles. The maximum Gasteiger partial charge on any atom is 0.271 e. The van der Waals surface area contributed by atoms with E-state index in [-0.39, 0.29) is 17.6 Å². The number of aromatic nitrogens is 3. The van der Waals surface area contributed by atoms with Gasteiger partial charge in [-0.3, -0.25) is 14.0 Å². The Hall–Kier alpha value is -2.74. The maximum absolute atomic E-state index is 12.6. The Morgan fingerprint density at radius 3 is 2.68 bits per heavy atom. The van der Waals surface area contributed by atoms with Crippen molar-refractivity contribution in [3.63, 3.8) is 0 Å². The predicted octanol–water partition coefficient (Wildman–Crippen LogP) is 2.95. The van der Waals surface area contributed by atoms with Crippen LogP contribution in [0.1, 0.15) is 58.6 Å². The van der Waals surface area contributed by atoms with E-state index in [1.165, 1.54) is 0 Å². The van der Waals surface area contributed by atoms with Gasteiger partial charge >= 0.3 is 0 Å². The number of imidazole rings is 1. The normalized spacial score (nSPS) is 12.5. The Bertz CT molecular complexity index is 1010. The summed E-state index contributed by atoms with van der Waals surface area (Å²) in [5.74, 6) is -0.286. The first kappa shape index (κ1) is 20.0. The van der Waals surface area contributed by atoms with Crippen molar-refractivity contribution in [3.05, 3.63) is 51.4 Å². The molecule has 0 spiro atoms. The number of thiophene rings is 1. The third-order valence-electron chi connectivity index (χ3n) is 4.92. The Kier molecular flexibility index (Phi) is 5.79. The number of carbonyl (C=O) groups excluding carboxylic acids is 2. The molecular weight excluding hydrogens is 374 g/mol. The maximum atomic E-state index is 12.6. The minimum absolute atomic E-state index is 0.00875. The average molecular weight is 400 g/mol. The molecule has 3 heterocycles. The molecule has 0 aliphatic heterocycles. The van der Waals surface area contributed by atoms with Crippen LogP contribution in [0.5, 0.6) is 0 Å². The number of nitrogens with zero attached hydrogens (tertiary/aromatic N) is 3. The standard InChI is InChI=1S/C20H25N5O2S/c1-11(2)17(15-6-5-9-28-15)24-16(26)8-7-14-12(3)23-20-18(19(21)27)22-10-25(20)13(14)4/h5-6,9-11,17H,7-8H2,1-4H3,(H2,21,27)(H,24,26). The van der Waals surface area contributed by atoms with E-state index in [1.54, 1.807) is 22.1 Å². The van der Waals surface area contributed by atoms with Crippen LogP contribution in [0.15, 0.2) is 23.8 Å². The van der Waals surface area contributed by atoms with Gasteiger partial charge in [-0.2, -0.15) is 0 Å². The van der Waals surface area contributed by atoms with Gasteiger partial charge < -0.3 is 11.1 Å². The van der Waals surface area contributed by atoms with Gasteiger partial charge in [0.05, 0.1) is 6.04 Å². The van der Waals surface area contributed by atoms with Crippen molar-refractivity contribution in [2.24, 2.45) is 11.7 Å². The second kappa shape index (κ2) is 8.10. The van der Waals surface area contributed by atoms with Crippen LogP contribution in [-0.2, 0) is 11.2 Å². The molecule has 0 aromatic carbocycles. The molecule has 0 aliphatic carbocycles. The summed E-state index contributed by atoms with van der Waals surface area (Å²) in [6.45, 7) is 8.02. The van der Waals surface area contributed by atoms with Crippen molar-refractivity contribution in [1.82, 2.24) is 19.7 Å². The largest absolute Gasteiger partial charge is 0.364 e. The fourth-order valence-electron chi connectivity index (χ4n) is 3.38. The van der Waals surface area contributed by atoms with Gasteiger partial charge in [0.2, 0.25) is 5.91 Å². The quantitative estimate of drug-likeness (QED) is 0.637. The van der Waals surface area contributed by atoms with Gasteiger partial charge in [-0.25, -0.2) is 9.97 Å². The summed E-state index contributed by atoms with van der Waals surface area (Å²) in [5, 5.41) is 5.18. The molecule has 0 aliphatic rings. The first-order valence-corrected chi connectivity index (χ1v) is 10.1. The number of nitrogens with two attached hydrogens (primary N) is 1. The lowest BCUT2D eigenvalue weighted by Gasteiger charge is -2.21. The van der Waals surface area contributed by atoms with Crippen LogP contribution in [0.4, 0.5) is 0 Å². The number of aryl methyl sites for hydroxylation is 2. The SMILES string of the molecule is Cc1nc2c(C(N)=O)ncn2c(C)c1CCC(=O)NC(c1cccs1)C(C)C. The zero-order valence-corrected chi connectivity index (χ0v) is 17.3. The van der Waals surface area contributed by atoms with E-state index >= 15 is 0 Å². The Morgan fingerprint density at radius 1 is 1.32 bits per heavy atom. The highest BCUT2D eigenvalue weighted by Gasteiger charge is 2.20. The van der Waals surface area contributed by atoms with Crippen LogP contribution in [0, 0.1) is 19.8 Å². The highest BCUT2D eigenvalue weighted by Crippen LogP contribution is 2.26. The van der Waals surface area contributed by atoms with Gasteiger partial charge in [0.15, 0.2) is 11.3 Å². The molecule has 8 heteroatoms. The molecule has 0 radical (unpaired) electrons. The molecule has 0 saturated heterocycles. The van der Waals surface area contributed by atoms with Gasteiger partial charge in [-0.1, -0.05) is 19.9 Å². The minimum atomic E-state index is -0.603. The van der Waals surface area contributed by atoms with Gasteiger partial charge in [-0.15, -0.1) is 11.3 Å². The number of fused-ring (bicyclic) bond motifs is 1. The topological polar surface area (TPSA) is 102 Å². The molecule has 3 aromatic rings. The molecule has 0 bridgehead atoms. The van der Waals surface area contributed by atoms with Crippen LogP contribution in [0.3, 0.4) is 0 Å². The summed E-state index contributed by atoms with van der Waals surface area (Å²) in [5.41, 5.74) is 8.64. The monoisotopic (exact) mass is 399 g/mol. The molecule has 3 rings (SSSR count). The first-order chi connectivity index (χ1) is 13.3. The highest BCUT2D eigenvalue weighted by molar-refractivity contribution is 7.10. The molecular formula is C20H25N5O2S. The molecule has 1 unspecified atom stereocenters. The van der Waals surface area contributed by atoms with E-state index < -0.39 is 5.91 Å². The molecule has 0 saturated carbocycles. The van der Waals surface area contributed by atoms with Crippen molar-refractivity contribution in [2.75, 3.05) is 0 Å². The lowest BCUT2D eigenvalue weighted by atomic mass is 10.0. The second-order valence-electron chi connectivity index (χ2n) is 7.22. The molecule has 1 atom stereocenters. The summed E-state index contributed by atoms with van der Waals surface area (Å²) < 4.78 is 1.75. The molecule has 148 valence electrons. The van der Waals surface area contributed by atoms with Gasteiger partial charge in [0, 0.05) is 22.7 Å². The zero-order valence-electron chi connectivity index (χ0n) is 16.5. The number of primary amides is 1. The van der Waals surface area contributed by atoms with E-state index in [2.05, 4.69) is 35.2 Å². The summed E-state index contributed by atoms with van der Waals surface area (Å²) in [6, 6.07) is 4.07. The Balaban J connectivity index is 1.76. The van der Waals surface area contributed by atoms with Crippen LogP contribution < -0.4 is 11.1 Å². The van der Waals surface area contributed by atoms with Crippen LogP contribution in [0.25, 0.3) is 5.65 Å². The zero-order chi connectivity index (χ0) is 20.4. The van der Waals surface area contributed by atoms with Crippen molar-refractivity contribution in [2.45, 2.75) is 46.6 Å². The number of hydrogen-bond acceptors (Lipinski definition) is 5. The van der Waals surface area contributed by atoms with Gasteiger partial charge in [0.1, 0.15) is 6.33 Å². The summed E-state index contributed by atoms with van der Waals surface area (Å²) in [4.78, 5) is 33.8. The molecule has 3 N–H and O–H groups in total. The number of carbonyl (C=O) groups is 2. The van der Waals surface area contributed by atoms with Crippen molar-refractivity contribution in [3.8, 4) is 0 Å². The fourth-order valence-corrected chi connectivity index (χ4v) is 4.33. The predicted molar refractivity (Wildman–Crippen MR) is 109 cm³/mol. The number of rotatable bonds is 7. The minimum Gasteiger partial charge on any atom is -0.364 e. The molecule has 2 amide bonds. The lowest BCUT2D eigenvalue weighted by Crippen LogP contribution is -2.31. The fraction of sp³-hybridized carbons (Fsp3) is 0.400. The first-order valence-electron chi connectivity index (χ1n) is 9.25. The molecule has 0 fully saturated rings. The number of amides is 2. The highest BCUT2D eigenvalue weighted by atomic mass is 32.1. The van der Waals surface area contributed by atoms with Crippen molar-refractivity contribution >= 4 is 28.8 Å². The van der Waals surface area contributed by atoms with E-state index in [0.29, 0.717) is 24.4 Å². The Morgan fingerprint density at radius 2 is 2.07 bits per heavy atom. The summed E-state index contributed by atoms with van der Waals surface area (Å²) in [7, 11) is 0. The third kappa shape index (κ3) is 3.91. The van der Waals surface area contributed by atoms with Gasteiger partial charge in [-0.05, 0) is 43.2 Å². The van der Waals surface area contributed by atoms with Crippen molar-refractivity contribution < 1.29 is 9.59 Å². The average Bonchev–Trinajstić information content (AvgIpc) is 3.28. The van der Waals surface area contributed by atoms with Crippen LogP contribution in [0.2, 0.25) is 0 Å². The van der Waals surface area contributed by atoms with E-state index in [1.807, 2.05) is 25.3 Å². The summed E-state index contributed by atoms with van der Waals surface area (Å²) in [6.07, 6.45) is 2.47. The van der Waals surface area contributed by atoms with E-state index in [4.69, 9.17) is 5.73 Å². The number of nitrogens with one attached hydrogen (secondary N) is 1. The van der Waals surface area contributed by atoms with E-state index in [0.717, 1.165) is 21.8 Å². The smallest absolute Gasteiger partial charge is 0.271 e. The third-order valence-corrected chi connectivity index (χ3v) is 5.87. The number of hydrogen-bond donors (Lipinski definition) is 2. The molecule has 28 heavy (non-hydrogen) atoms. The van der Waals surface area contributed by atoms with E-state index in [9.17, 15) is 9.59 Å². The van der Waals surface area contributed by atoms with Crippen LogP contribution in [-0.4, -0.2) is 26.2 Å². The molecule has 7 nitrogen and oxygen atoms in total. The van der Waals surface area contributed by atoms with Crippen LogP contribution >= 0.6 is 11.3 Å².